The van der Waals surface area contributed by atoms with Crippen molar-refractivity contribution in [1.29, 1.82) is 0 Å². The van der Waals surface area contributed by atoms with Gasteiger partial charge in [-0.2, -0.15) is 0 Å². The summed E-state index contributed by atoms with van der Waals surface area (Å²) in [5.74, 6) is 0.0242. The predicted molar refractivity (Wildman–Crippen MR) is 73.7 cm³/mol. The van der Waals surface area contributed by atoms with E-state index in [0.717, 1.165) is 38.9 Å². The quantitative estimate of drug-likeness (QED) is 0.760. The van der Waals surface area contributed by atoms with Gasteiger partial charge in [0.05, 0.1) is 12.5 Å². The molecule has 1 fully saturated rings. The second-order valence-corrected chi connectivity index (χ2v) is 5.00. The van der Waals surface area contributed by atoms with Crippen molar-refractivity contribution in [2.75, 3.05) is 26.2 Å². The Labute approximate surface area is 114 Å². The van der Waals surface area contributed by atoms with Crippen LogP contribution in [0.5, 0.6) is 0 Å². The zero-order valence-corrected chi connectivity index (χ0v) is 11.5. The smallest absolute Gasteiger partial charge is 0.310 e. The van der Waals surface area contributed by atoms with Gasteiger partial charge >= 0.3 is 5.97 Å². The first-order chi connectivity index (χ1) is 9.29. The van der Waals surface area contributed by atoms with E-state index < -0.39 is 0 Å². The SMILES string of the molecule is CCOC(=O)C1CCCN(CCc2cccnc2)C1. The van der Waals surface area contributed by atoms with E-state index in [1.165, 1.54) is 5.56 Å². The Kier molecular flexibility index (Phi) is 5.33. The van der Waals surface area contributed by atoms with Crippen LogP contribution in [0.15, 0.2) is 24.5 Å². The van der Waals surface area contributed by atoms with E-state index in [4.69, 9.17) is 4.74 Å². The monoisotopic (exact) mass is 262 g/mol. The molecule has 1 aliphatic heterocycles. The zero-order valence-electron chi connectivity index (χ0n) is 11.5. The molecule has 0 aliphatic carbocycles. The summed E-state index contributed by atoms with van der Waals surface area (Å²) in [5.41, 5.74) is 1.25. The van der Waals surface area contributed by atoms with E-state index in [9.17, 15) is 4.79 Å². The highest BCUT2D eigenvalue weighted by Crippen LogP contribution is 2.18. The lowest BCUT2D eigenvalue weighted by molar-refractivity contribution is -0.149. The number of pyridine rings is 1. The maximum atomic E-state index is 11.8. The predicted octanol–water partition coefficient (Wildman–Crippen LogP) is 1.90. The molecule has 4 heteroatoms. The largest absolute Gasteiger partial charge is 0.466 e. The number of ether oxygens (including phenoxy) is 1. The van der Waals surface area contributed by atoms with Gasteiger partial charge in [0.25, 0.3) is 0 Å². The number of nitrogens with zero attached hydrogens (tertiary/aromatic N) is 2. The molecule has 0 spiro atoms. The van der Waals surface area contributed by atoms with Crippen LogP contribution < -0.4 is 0 Å². The van der Waals surface area contributed by atoms with Gasteiger partial charge in [-0.25, -0.2) is 0 Å². The van der Waals surface area contributed by atoms with E-state index in [2.05, 4.69) is 16.0 Å². The lowest BCUT2D eigenvalue weighted by atomic mass is 9.98. The highest BCUT2D eigenvalue weighted by molar-refractivity contribution is 5.72. The topological polar surface area (TPSA) is 42.4 Å². The van der Waals surface area contributed by atoms with Crippen LogP contribution in [0.4, 0.5) is 0 Å². The molecule has 0 aromatic carbocycles. The number of hydrogen-bond donors (Lipinski definition) is 0. The van der Waals surface area contributed by atoms with Crippen LogP contribution >= 0.6 is 0 Å². The van der Waals surface area contributed by atoms with Crippen molar-refractivity contribution in [3.05, 3.63) is 30.1 Å². The summed E-state index contributed by atoms with van der Waals surface area (Å²) in [6.07, 6.45) is 6.73. The molecule has 1 aromatic heterocycles. The van der Waals surface area contributed by atoms with E-state index >= 15 is 0 Å². The minimum atomic E-state index is -0.0337. The Morgan fingerprint density at radius 2 is 2.47 bits per heavy atom. The van der Waals surface area contributed by atoms with E-state index in [1.54, 1.807) is 6.20 Å². The summed E-state index contributed by atoms with van der Waals surface area (Å²) in [7, 11) is 0. The van der Waals surface area contributed by atoms with Gasteiger partial charge in [-0.1, -0.05) is 6.07 Å². The third-order valence-corrected chi connectivity index (χ3v) is 3.56. The summed E-state index contributed by atoms with van der Waals surface area (Å²) < 4.78 is 5.12. The average molecular weight is 262 g/mol. The number of likely N-dealkylation sites (tertiary alicyclic amines) is 1. The van der Waals surface area contributed by atoms with Crippen LogP contribution in [0.25, 0.3) is 0 Å². The molecule has 0 saturated carbocycles. The molecule has 1 saturated heterocycles. The molecule has 1 atom stereocenters. The first-order valence-electron chi connectivity index (χ1n) is 7.07. The molecule has 1 aliphatic rings. The minimum absolute atomic E-state index is 0.0337. The van der Waals surface area contributed by atoms with Gasteiger partial charge < -0.3 is 9.64 Å². The number of rotatable bonds is 5. The van der Waals surface area contributed by atoms with Gasteiger partial charge in [-0.3, -0.25) is 9.78 Å². The van der Waals surface area contributed by atoms with Crippen LogP contribution in [0, 0.1) is 5.92 Å². The highest BCUT2D eigenvalue weighted by atomic mass is 16.5. The van der Waals surface area contributed by atoms with E-state index in [-0.39, 0.29) is 11.9 Å². The Hall–Kier alpha value is -1.42. The van der Waals surface area contributed by atoms with Gasteiger partial charge in [0.15, 0.2) is 0 Å². The molecule has 1 aromatic rings. The molecule has 1 unspecified atom stereocenters. The molecule has 0 bridgehead atoms. The molecule has 0 amide bonds. The van der Waals surface area contributed by atoms with Crippen molar-refractivity contribution >= 4 is 5.97 Å². The molecule has 0 N–H and O–H groups in total. The second-order valence-electron chi connectivity index (χ2n) is 5.00. The number of esters is 1. The van der Waals surface area contributed by atoms with Crippen molar-refractivity contribution in [2.45, 2.75) is 26.2 Å². The van der Waals surface area contributed by atoms with Gasteiger partial charge in [0.2, 0.25) is 0 Å². The summed E-state index contributed by atoms with van der Waals surface area (Å²) in [5, 5.41) is 0. The lowest BCUT2D eigenvalue weighted by Gasteiger charge is -2.31. The Bertz CT molecular complexity index is 394. The van der Waals surface area contributed by atoms with Crippen molar-refractivity contribution in [3.8, 4) is 0 Å². The van der Waals surface area contributed by atoms with Crippen LogP contribution in [0.3, 0.4) is 0 Å². The normalized spacial score (nSPS) is 20.2. The van der Waals surface area contributed by atoms with Crippen LogP contribution in [0.2, 0.25) is 0 Å². The number of piperidine rings is 1. The third kappa shape index (κ3) is 4.31. The summed E-state index contributed by atoms with van der Waals surface area (Å²) in [6, 6.07) is 4.06. The van der Waals surface area contributed by atoms with Crippen LogP contribution in [0.1, 0.15) is 25.3 Å². The van der Waals surface area contributed by atoms with Crippen LogP contribution in [-0.4, -0.2) is 42.1 Å². The standard InChI is InChI=1S/C15H22N2O2/c1-2-19-15(18)14-6-4-9-17(12-14)10-7-13-5-3-8-16-11-13/h3,5,8,11,14H,2,4,6-7,9-10,12H2,1H3. The zero-order chi connectivity index (χ0) is 13.5. The van der Waals surface area contributed by atoms with Gasteiger partial charge in [0, 0.05) is 25.5 Å². The first-order valence-corrected chi connectivity index (χ1v) is 7.07. The fourth-order valence-electron chi connectivity index (χ4n) is 2.54. The maximum absolute atomic E-state index is 11.8. The average Bonchev–Trinajstić information content (AvgIpc) is 2.47. The minimum Gasteiger partial charge on any atom is -0.466 e. The van der Waals surface area contributed by atoms with Crippen molar-refractivity contribution < 1.29 is 9.53 Å². The number of carbonyl (C=O) groups is 1. The third-order valence-electron chi connectivity index (χ3n) is 3.56. The Balaban J connectivity index is 1.79. The van der Waals surface area contributed by atoms with Gasteiger partial charge in [-0.15, -0.1) is 0 Å². The molecular weight excluding hydrogens is 240 g/mol. The molecule has 2 heterocycles. The lowest BCUT2D eigenvalue weighted by Crippen LogP contribution is -2.40. The van der Waals surface area contributed by atoms with Crippen molar-refractivity contribution in [2.24, 2.45) is 5.92 Å². The Morgan fingerprint density at radius 1 is 1.58 bits per heavy atom. The van der Waals surface area contributed by atoms with E-state index in [1.807, 2.05) is 19.2 Å². The summed E-state index contributed by atoms with van der Waals surface area (Å²) >= 11 is 0. The second kappa shape index (κ2) is 7.24. The molecular formula is C15H22N2O2. The van der Waals surface area contributed by atoms with Gasteiger partial charge in [0.1, 0.15) is 0 Å². The molecule has 19 heavy (non-hydrogen) atoms. The molecule has 2 rings (SSSR count). The van der Waals surface area contributed by atoms with Crippen molar-refractivity contribution in [1.82, 2.24) is 9.88 Å². The number of carbonyl (C=O) groups excluding carboxylic acids is 1. The van der Waals surface area contributed by atoms with Gasteiger partial charge in [-0.05, 0) is 44.4 Å². The fraction of sp³-hybridized carbons (Fsp3) is 0.600. The molecule has 0 radical (unpaired) electrons. The number of hydrogen-bond acceptors (Lipinski definition) is 4. The van der Waals surface area contributed by atoms with Crippen molar-refractivity contribution in [3.63, 3.8) is 0 Å². The van der Waals surface area contributed by atoms with Crippen LogP contribution in [-0.2, 0) is 16.0 Å². The first kappa shape index (κ1) is 14.0. The molecule has 104 valence electrons. The molecule has 4 nitrogen and oxygen atoms in total. The highest BCUT2D eigenvalue weighted by Gasteiger charge is 2.26. The number of aromatic nitrogens is 1. The summed E-state index contributed by atoms with van der Waals surface area (Å²) in [6.45, 7) is 5.24. The van der Waals surface area contributed by atoms with E-state index in [0.29, 0.717) is 6.61 Å². The fourth-order valence-corrected chi connectivity index (χ4v) is 2.54. The summed E-state index contributed by atoms with van der Waals surface area (Å²) in [4.78, 5) is 18.2. The maximum Gasteiger partial charge on any atom is 0.310 e. The Morgan fingerprint density at radius 3 is 3.21 bits per heavy atom.